The smallest absolute Gasteiger partial charge is 0.325 e. The first-order valence-corrected chi connectivity index (χ1v) is 13.8. The number of carbonyl (C=O) groups excluding carboxylic acids is 3. The number of hydrogen-bond donors (Lipinski definition) is 3. The molecule has 3 N–H and O–H groups in total. The molecule has 5 rings (SSSR count). The molecule has 3 heterocycles. The van der Waals surface area contributed by atoms with E-state index in [1.165, 1.54) is 43.9 Å². The van der Waals surface area contributed by atoms with Crippen molar-refractivity contribution in [3.8, 4) is 11.5 Å². The van der Waals surface area contributed by atoms with Gasteiger partial charge in [0.2, 0.25) is 5.91 Å². The number of likely N-dealkylation sites (tertiary alicyclic amines) is 2. The molecule has 2 fully saturated rings. The summed E-state index contributed by atoms with van der Waals surface area (Å²) in [5.41, 5.74) is 0.915. The van der Waals surface area contributed by atoms with E-state index in [1.54, 1.807) is 35.2 Å². The van der Waals surface area contributed by atoms with Gasteiger partial charge < -0.3 is 19.9 Å². The van der Waals surface area contributed by atoms with Crippen LogP contribution in [0, 0.1) is 11.7 Å². The fourth-order valence-corrected chi connectivity index (χ4v) is 4.88. The third-order valence-electron chi connectivity index (χ3n) is 7.21. The highest BCUT2D eigenvalue weighted by Crippen LogP contribution is 2.28. The molecular weight excluding hydrogens is 527 g/mol. The average molecular weight is 561 g/mol. The number of rotatable bonds is 8. The van der Waals surface area contributed by atoms with Gasteiger partial charge in [-0.05, 0) is 62.0 Å². The molecule has 2 aliphatic heterocycles. The Balaban J connectivity index is 1.10. The highest BCUT2D eigenvalue weighted by atomic mass is 19.1. The summed E-state index contributed by atoms with van der Waals surface area (Å²) in [6, 6.07) is 15.0. The lowest BCUT2D eigenvalue weighted by Gasteiger charge is -2.38. The summed E-state index contributed by atoms with van der Waals surface area (Å²) in [4.78, 5) is 45.5. The molecular formula is C30H33FN6O4. The molecule has 5 amide bonds. The molecule has 3 aromatic rings. The van der Waals surface area contributed by atoms with E-state index >= 15 is 0 Å². The predicted molar refractivity (Wildman–Crippen MR) is 152 cm³/mol. The molecule has 11 heteroatoms. The Kier molecular flexibility index (Phi) is 9.05. The SMILES string of the molecule is O=C(Cc1ccccc1)NC(=O)Nc1ccc(Oc2ccnc(NC(=O)N3CCC(CN4CCC4)CC3)c2)c(F)c1. The number of halogens is 1. The van der Waals surface area contributed by atoms with E-state index in [0.29, 0.717) is 24.8 Å². The maximum atomic E-state index is 14.8. The third-order valence-corrected chi connectivity index (χ3v) is 7.21. The van der Waals surface area contributed by atoms with Crippen molar-refractivity contribution in [3.05, 3.63) is 78.2 Å². The predicted octanol–water partition coefficient (Wildman–Crippen LogP) is 4.85. The molecule has 0 spiro atoms. The van der Waals surface area contributed by atoms with Crippen molar-refractivity contribution in [1.82, 2.24) is 20.1 Å². The lowest BCUT2D eigenvalue weighted by molar-refractivity contribution is -0.119. The van der Waals surface area contributed by atoms with Crippen molar-refractivity contribution < 1.29 is 23.5 Å². The quantitative estimate of drug-likeness (QED) is 0.363. The number of aromatic nitrogens is 1. The van der Waals surface area contributed by atoms with Crippen molar-refractivity contribution in [2.45, 2.75) is 25.7 Å². The topological polar surface area (TPSA) is 116 Å². The van der Waals surface area contributed by atoms with Crippen LogP contribution in [0.1, 0.15) is 24.8 Å². The minimum Gasteiger partial charge on any atom is -0.454 e. The van der Waals surface area contributed by atoms with Crippen molar-refractivity contribution in [3.63, 3.8) is 0 Å². The van der Waals surface area contributed by atoms with Gasteiger partial charge in [-0.1, -0.05) is 30.3 Å². The van der Waals surface area contributed by atoms with E-state index in [-0.39, 0.29) is 29.6 Å². The monoisotopic (exact) mass is 560 g/mol. The second-order valence-corrected chi connectivity index (χ2v) is 10.3. The second-order valence-electron chi connectivity index (χ2n) is 10.3. The molecule has 0 saturated carbocycles. The molecule has 0 unspecified atom stereocenters. The standard InChI is InChI=1S/C30H33FN6O4/c31-25-18-23(33-29(39)35-28(38)17-21-5-2-1-3-6-21)7-8-26(25)41-24-9-12-32-27(19-24)34-30(40)37-15-10-22(11-16-37)20-36-13-4-14-36/h1-3,5-9,12,18-19,22H,4,10-11,13-17,20H2,(H,32,34,40)(H2,33,35,38,39). The van der Waals surface area contributed by atoms with Crippen LogP contribution in [0.4, 0.5) is 25.5 Å². The molecule has 0 atom stereocenters. The normalized spacial score (nSPS) is 15.5. The summed E-state index contributed by atoms with van der Waals surface area (Å²) in [5, 5.41) is 7.46. The summed E-state index contributed by atoms with van der Waals surface area (Å²) in [6.07, 6.45) is 4.76. The summed E-state index contributed by atoms with van der Waals surface area (Å²) < 4.78 is 20.4. The molecule has 2 saturated heterocycles. The Hall–Kier alpha value is -4.51. The van der Waals surface area contributed by atoms with Gasteiger partial charge in [-0.3, -0.25) is 15.4 Å². The lowest BCUT2D eigenvalue weighted by atomic mass is 9.95. The molecule has 2 aliphatic rings. The molecule has 2 aromatic carbocycles. The third kappa shape index (κ3) is 8.01. The zero-order valence-electron chi connectivity index (χ0n) is 22.6. The van der Waals surface area contributed by atoms with Crippen molar-refractivity contribution in [1.29, 1.82) is 0 Å². The molecule has 0 aliphatic carbocycles. The van der Waals surface area contributed by atoms with E-state index in [9.17, 15) is 18.8 Å². The van der Waals surface area contributed by atoms with Crippen LogP contribution in [0.25, 0.3) is 0 Å². The van der Waals surface area contributed by atoms with Gasteiger partial charge in [0.25, 0.3) is 0 Å². The van der Waals surface area contributed by atoms with E-state index in [0.717, 1.165) is 31.0 Å². The van der Waals surface area contributed by atoms with Crippen LogP contribution in [-0.2, 0) is 11.2 Å². The first kappa shape index (κ1) is 28.0. The summed E-state index contributed by atoms with van der Waals surface area (Å²) in [7, 11) is 0. The summed E-state index contributed by atoms with van der Waals surface area (Å²) in [5.74, 6) is -0.0764. The van der Waals surface area contributed by atoms with Gasteiger partial charge in [-0.25, -0.2) is 19.0 Å². The molecule has 0 bridgehead atoms. The average Bonchev–Trinajstić information content (AvgIpc) is 2.93. The number of imide groups is 1. The van der Waals surface area contributed by atoms with Gasteiger partial charge in [-0.15, -0.1) is 0 Å². The van der Waals surface area contributed by atoms with Crippen LogP contribution in [0.3, 0.4) is 0 Å². The highest BCUT2D eigenvalue weighted by molar-refractivity contribution is 6.01. The minimum absolute atomic E-state index is 0.0428. The van der Waals surface area contributed by atoms with Crippen LogP contribution in [-0.4, -0.2) is 65.5 Å². The van der Waals surface area contributed by atoms with Gasteiger partial charge in [0, 0.05) is 43.7 Å². The largest absolute Gasteiger partial charge is 0.454 e. The number of hydrogen-bond acceptors (Lipinski definition) is 6. The maximum absolute atomic E-state index is 14.8. The highest BCUT2D eigenvalue weighted by Gasteiger charge is 2.26. The molecule has 1 aromatic heterocycles. The van der Waals surface area contributed by atoms with E-state index in [2.05, 4.69) is 25.8 Å². The fraction of sp³-hybridized carbons (Fsp3) is 0.333. The zero-order valence-corrected chi connectivity index (χ0v) is 22.6. The van der Waals surface area contributed by atoms with Gasteiger partial charge in [0.1, 0.15) is 11.6 Å². The van der Waals surface area contributed by atoms with Gasteiger partial charge in [0.15, 0.2) is 11.6 Å². The van der Waals surface area contributed by atoms with Crippen LogP contribution in [0.15, 0.2) is 66.9 Å². The van der Waals surface area contributed by atoms with Crippen LogP contribution < -0.4 is 20.7 Å². The Morgan fingerprint density at radius 2 is 1.73 bits per heavy atom. The molecule has 10 nitrogen and oxygen atoms in total. The Morgan fingerprint density at radius 3 is 2.44 bits per heavy atom. The zero-order chi connectivity index (χ0) is 28.6. The number of ether oxygens (including phenoxy) is 1. The Morgan fingerprint density at radius 1 is 0.951 bits per heavy atom. The number of nitrogens with zero attached hydrogens (tertiary/aromatic N) is 3. The minimum atomic E-state index is -0.770. The fourth-order valence-electron chi connectivity index (χ4n) is 4.88. The summed E-state index contributed by atoms with van der Waals surface area (Å²) in [6.45, 7) is 4.89. The number of carbonyl (C=O) groups is 3. The number of piperidine rings is 1. The van der Waals surface area contributed by atoms with Gasteiger partial charge >= 0.3 is 12.1 Å². The summed E-state index contributed by atoms with van der Waals surface area (Å²) >= 11 is 0. The van der Waals surface area contributed by atoms with Crippen molar-refractivity contribution in [2.75, 3.05) is 43.4 Å². The van der Waals surface area contributed by atoms with Crippen LogP contribution >= 0.6 is 0 Å². The number of anilines is 2. The van der Waals surface area contributed by atoms with E-state index in [1.807, 2.05) is 6.07 Å². The molecule has 41 heavy (non-hydrogen) atoms. The van der Waals surface area contributed by atoms with Crippen LogP contribution in [0.2, 0.25) is 0 Å². The van der Waals surface area contributed by atoms with E-state index in [4.69, 9.17) is 4.74 Å². The lowest BCUT2D eigenvalue weighted by Crippen LogP contribution is -2.46. The first-order valence-electron chi connectivity index (χ1n) is 13.8. The Labute approximate surface area is 237 Å². The molecule has 214 valence electrons. The number of benzene rings is 2. The Bertz CT molecular complexity index is 1380. The first-order chi connectivity index (χ1) is 19.9. The van der Waals surface area contributed by atoms with Crippen LogP contribution in [0.5, 0.6) is 11.5 Å². The maximum Gasteiger partial charge on any atom is 0.325 e. The van der Waals surface area contributed by atoms with Gasteiger partial charge in [0.05, 0.1) is 6.42 Å². The molecule has 0 radical (unpaired) electrons. The van der Waals surface area contributed by atoms with Crippen molar-refractivity contribution >= 4 is 29.5 Å². The number of pyridine rings is 1. The van der Waals surface area contributed by atoms with Gasteiger partial charge in [-0.2, -0.15) is 0 Å². The van der Waals surface area contributed by atoms with E-state index < -0.39 is 17.8 Å². The number of amides is 5. The second kappa shape index (κ2) is 13.2. The number of nitrogens with one attached hydrogen (secondary N) is 3. The van der Waals surface area contributed by atoms with Crippen molar-refractivity contribution in [2.24, 2.45) is 5.92 Å². The number of urea groups is 2.